The van der Waals surface area contributed by atoms with Gasteiger partial charge in [-0.1, -0.05) is 25.7 Å². The summed E-state index contributed by atoms with van der Waals surface area (Å²) in [7, 11) is 0. The number of hydrogen-bond donors (Lipinski definition) is 1. The van der Waals surface area contributed by atoms with E-state index in [2.05, 4.69) is 11.9 Å². The minimum atomic E-state index is -0.0376. The minimum absolute atomic E-state index is 0.0376. The Morgan fingerprint density at radius 2 is 2.27 bits per heavy atom. The molecule has 0 aromatic heterocycles. The van der Waals surface area contributed by atoms with E-state index in [0.717, 1.165) is 13.0 Å². The number of rotatable bonds is 4. The van der Waals surface area contributed by atoms with Gasteiger partial charge in [-0.05, 0) is 13.3 Å². The molecule has 0 bridgehead atoms. The number of allylic oxidation sites excluding steroid dienone is 1. The zero-order chi connectivity index (χ0) is 8.69. The quantitative estimate of drug-likeness (QED) is 0.483. The van der Waals surface area contributed by atoms with Gasteiger partial charge < -0.3 is 5.32 Å². The fourth-order valence-corrected chi connectivity index (χ4v) is 0.682. The van der Waals surface area contributed by atoms with Crippen LogP contribution in [0, 0.1) is 0 Å². The van der Waals surface area contributed by atoms with Crippen molar-refractivity contribution in [3.63, 3.8) is 0 Å². The van der Waals surface area contributed by atoms with Crippen LogP contribution in [0.1, 0.15) is 20.3 Å². The molecule has 62 valence electrons. The highest BCUT2D eigenvalue weighted by molar-refractivity contribution is 5.95. The zero-order valence-corrected chi connectivity index (χ0v) is 7.18. The molecule has 0 atom stereocenters. The molecular formula is C9H15NO. The predicted molar refractivity (Wildman–Crippen MR) is 47.3 cm³/mol. The van der Waals surface area contributed by atoms with Gasteiger partial charge in [0.15, 0.2) is 0 Å². The van der Waals surface area contributed by atoms with Crippen LogP contribution in [0.25, 0.3) is 0 Å². The normalized spacial score (nSPS) is 10.9. The van der Waals surface area contributed by atoms with Crippen LogP contribution < -0.4 is 5.32 Å². The molecule has 0 aliphatic carbocycles. The smallest absolute Gasteiger partial charge is 0.250 e. The van der Waals surface area contributed by atoms with Gasteiger partial charge in [0.25, 0.3) is 5.91 Å². The topological polar surface area (TPSA) is 29.1 Å². The van der Waals surface area contributed by atoms with Gasteiger partial charge in [0.05, 0.1) is 0 Å². The summed E-state index contributed by atoms with van der Waals surface area (Å²) >= 11 is 0. The number of hydrogen-bond acceptors (Lipinski definition) is 1. The maximum absolute atomic E-state index is 11.1. The Bertz CT molecular complexity index is 170. The summed E-state index contributed by atoms with van der Waals surface area (Å²) in [5.74, 6) is -0.0376. The van der Waals surface area contributed by atoms with Crippen molar-refractivity contribution in [1.29, 1.82) is 0 Å². The van der Waals surface area contributed by atoms with Crippen LogP contribution in [0.15, 0.2) is 24.3 Å². The third-order valence-electron chi connectivity index (χ3n) is 1.33. The Balaban J connectivity index is 3.91. The summed E-state index contributed by atoms with van der Waals surface area (Å²) in [5, 5.41) is 2.76. The number of amides is 1. The molecule has 0 saturated carbocycles. The van der Waals surface area contributed by atoms with Gasteiger partial charge in [0.1, 0.15) is 0 Å². The third-order valence-corrected chi connectivity index (χ3v) is 1.33. The molecule has 2 heteroatoms. The molecule has 0 aliphatic rings. The first-order valence-electron chi connectivity index (χ1n) is 3.83. The van der Waals surface area contributed by atoms with Crippen molar-refractivity contribution in [2.45, 2.75) is 20.3 Å². The molecule has 0 fully saturated rings. The molecule has 0 unspecified atom stereocenters. The Labute approximate surface area is 68.0 Å². The van der Waals surface area contributed by atoms with Crippen LogP contribution in [-0.2, 0) is 4.79 Å². The highest BCUT2D eigenvalue weighted by Gasteiger charge is 2.01. The monoisotopic (exact) mass is 153 g/mol. The molecule has 0 rings (SSSR count). The molecule has 0 heterocycles. The fourth-order valence-electron chi connectivity index (χ4n) is 0.682. The van der Waals surface area contributed by atoms with Gasteiger partial charge in [-0.15, -0.1) is 0 Å². The maximum atomic E-state index is 11.1. The summed E-state index contributed by atoms with van der Waals surface area (Å²) in [6.07, 6.45) is 4.27. The molecule has 0 aromatic carbocycles. The van der Waals surface area contributed by atoms with E-state index in [-0.39, 0.29) is 5.91 Å². The lowest BCUT2D eigenvalue weighted by atomic mass is 10.2. The number of nitrogens with one attached hydrogen (secondary N) is 1. The van der Waals surface area contributed by atoms with E-state index in [0.29, 0.717) is 5.57 Å². The first kappa shape index (κ1) is 9.95. The Morgan fingerprint density at radius 3 is 2.64 bits per heavy atom. The Hall–Kier alpha value is -1.05. The Kier molecular flexibility index (Phi) is 5.17. The molecular weight excluding hydrogens is 138 g/mol. The van der Waals surface area contributed by atoms with Gasteiger partial charge in [-0.25, -0.2) is 0 Å². The molecule has 0 aliphatic heterocycles. The molecule has 2 nitrogen and oxygen atoms in total. The SMILES string of the molecule is C=C/C(=C\C)C(=O)NCCC. The molecule has 1 N–H and O–H groups in total. The standard InChI is InChI=1S/C9H15NO/c1-4-7-10-9(11)8(5-2)6-3/h5-6H,2,4,7H2,1,3H3,(H,10,11)/b8-6+. The van der Waals surface area contributed by atoms with Crippen molar-refractivity contribution in [1.82, 2.24) is 5.32 Å². The summed E-state index contributed by atoms with van der Waals surface area (Å²) in [6.45, 7) is 8.10. The van der Waals surface area contributed by atoms with Gasteiger partial charge in [0.2, 0.25) is 0 Å². The second-order valence-electron chi connectivity index (χ2n) is 2.20. The van der Waals surface area contributed by atoms with Crippen LogP contribution >= 0.6 is 0 Å². The lowest BCUT2D eigenvalue weighted by Crippen LogP contribution is -2.24. The summed E-state index contributed by atoms with van der Waals surface area (Å²) in [5.41, 5.74) is 0.637. The summed E-state index contributed by atoms with van der Waals surface area (Å²) in [4.78, 5) is 11.1. The van der Waals surface area contributed by atoms with Crippen molar-refractivity contribution in [3.8, 4) is 0 Å². The molecule has 0 saturated heterocycles. The van der Waals surface area contributed by atoms with Gasteiger partial charge in [-0.3, -0.25) is 4.79 Å². The van der Waals surface area contributed by atoms with Crippen LogP contribution in [0.3, 0.4) is 0 Å². The van der Waals surface area contributed by atoms with Gasteiger partial charge in [-0.2, -0.15) is 0 Å². The van der Waals surface area contributed by atoms with E-state index in [1.54, 1.807) is 12.2 Å². The maximum Gasteiger partial charge on any atom is 0.250 e. The first-order valence-corrected chi connectivity index (χ1v) is 3.83. The highest BCUT2D eigenvalue weighted by atomic mass is 16.1. The van der Waals surface area contributed by atoms with Crippen molar-refractivity contribution < 1.29 is 4.79 Å². The largest absolute Gasteiger partial charge is 0.352 e. The second kappa shape index (κ2) is 5.71. The lowest BCUT2D eigenvalue weighted by Gasteiger charge is -2.02. The zero-order valence-electron chi connectivity index (χ0n) is 7.18. The van der Waals surface area contributed by atoms with Crippen LogP contribution in [-0.4, -0.2) is 12.5 Å². The van der Waals surface area contributed by atoms with Crippen molar-refractivity contribution >= 4 is 5.91 Å². The number of carbonyl (C=O) groups excluding carboxylic acids is 1. The summed E-state index contributed by atoms with van der Waals surface area (Å²) < 4.78 is 0. The highest BCUT2D eigenvalue weighted by Crippen LogP contribution is 1.94. The molecule has 1 amide bonds. The molecule has 0 aromatic rings. The van der Waals surface area contributed by atoms with E-state index in [4.69, 9.17) is 0 Å². The second-order valence-corrected chi connectivity index (χ2v) is 2.20. The molecule has 11 heavy (non-hydrogen) atoms. The van der Waals surface area contributed by atoms with Crippen molar-refractivity contribution in [3.05, 3.63) is 24.3 Å². The van der Waals surface area contributed by atoms with E-state index in [1.165, 1.54) is 0 Å². The molecule has 0 radical (unpaired) electrons. The number of carbonyl (C=O) groups is 1. The third kappa shape index (κ3) is 3.61. The van der Waals surface area contributed by atoms with Gasteiger partial charge >= 0.3 is 0 Å². The lowest BCUT2D eigenvalue weighted by molar-refractivity contribution is -0.117. The van der Waals surface area contributed by atoms with Gasteiger partial charge in [0, 0.05) is 12.1 Å². The predicted octanol–water partition coefficient (Wildman–Crippen LogP) is 1.64. The van der Waals surface area contributed by atoms with Crippen LogP contribution in [0.5, 0.6) is 0 Å². The van der Waals surface area contributed by atoms with Crippen molar-refractivity contribution in [2.24, 2.45) is 0 Å². The van der Waals surface area contributed by atoms with Crippen LogP contribution in [0.4, 0.5) is 0 Å². The van der Waals surface area contributed by atoms with E-state index >= 15 is 0 Å². The van der Waals surface area contributed by atoms with Crippen LogP contribution in [0.2, 0.25) is 0 Å². The fraction of sp³-hybridized carbons (Fsp3) is 0.444. The summed E-state index contributed by atoms with van der Waals surface area (Å²) in [6, 6.07) is 0. The van der Waals surface area contributed by atoms with E-state index in [9.17, 15) is 4.79 Å². The average Bonchev–Trinajstić information content (AvgIpc) is 2.03. The molecule has 0 spiro atoms. The minimum Gasteiger partial charge on any atom is -0.352 e. The average molecular weight is 153 g/mol. The Morgan fingerprint density at radius 1 is 1.64 bits per heavy atom. The first-order chi connectivity index (χ1) is 5.26. The van der Waals surface area contributed by atoms with E-state index in [1.807, 2.05) is 13.8 Å². The van der Waals surface area contributed by atoms with E-state index < -0.39 is 0 Å². The van der Waals surface area contributed by atoms with Crippen molar-refractivity contribution in [2.75, 3.05) is 6.54 Å².